The SMILES string of the molecule is CC(=O)Nc1nc2c(ncn2[C@@H]2OCC(OP(=O)(O)OP(=O)(O)OP(=O)(O)OCCS(=O)(=O)c3ccc4ccc5cccc6ccc3c4c56)C2Oc2ccccc2)c(=O)[nH]1. The summed E-state index contributed by atoms with van der Waals surface area (Å²) in [5.74, 6) is -1.45. The molecular formula is C35H32N5O16P3S. The Morgan fingerprint density at radius 3 is 2.28 bits per heavy atom. The van der Waals surface area contributed by atoms with Gasteiger partial charge in [0, 0.05) is 12.3 Å². The van der Waals surface area contributed by atoms with Gasteiger partial charge in [-0.25, -0.2) is 27.1 Å². The average molecular weight is 904 g/mol. The first-order valence-electron chi connectivity index (χ1n) is 17.6. The molecule has 0 spiro atoms. The molecule has 0 aliphatic carbocycles. The normalized spacial score (nSPS) is 20.3. The molecule has 7 aromatic rings. The minimum atomic E-state index is -6.01. The molecule has 1 fully saturated rings. The maximum atomic E-state index is 13.5. The van der Waals surface area contributed by atoms with Gasteiger partial charge in [0.15, 0.2) is 33.3 Å². The molecule has 21 nitrogen and oxygen atoms in total. The number of carbonyl (C=O) groups is 1. The Morgan fingerprint density at radius 2 is 1.57 bits per heavy atom. The summed E-state index contributed by atoms with van der Waals surface area (Å²) in [4.78, 5) is 66.0. The van der Waals surface area contributed by atoms with Crippen molar-refractivity contribution in [3.63, 3.8) is 0 Å². The number of amides is 1. The smallest absolute Gasteiger partial charge is 0.483 e. The number of imidazole rings is 1. The van der Waals surface area contributed by atoms with Crippen LogP contribution >= 0.6 is 23.5 Å². The van der Waals surface area contributed by atoms with E-state index < -0.39 is 82.2 Å². The van der Waals surface area contributed by atoms with Crippen LogP contribution < -0.4 is 15.6 Å². The zero-order valence-electron chi connectivity index (χ0n) is 30.8. The maximum absolute atomic E-state index is 13.5. The van der Waals surface area contributed by atoms with Gasteiger partial charge in [0.2, 0.25) is 11.9 Å². The first-order valence-corrected chi connectivity index (χ1v) is 23.7. The van der Waals surface area contributed by atoms with Crippen molar-refractivity contribution in [3.8, 4) is 5.75 Å². The Balaban J connectivity index is 0.952. The highest BCUT2D eigenvalue weighted by atomic mass is 32.2. The fourth-order valence-corrected chi connectivity index (χ4v) is 12.0. The van der Waals surface area contributed by atoms with Gasteiger partial charge in [0.05, 0.1) is 30.2 Å². The van der Waals surface area contributed by atoms with Gasteiger partial charge in [0.1, 0.15) is 11.9 Å². The topological polar surface area (TPSA) is 294 Å². The zero-order chi connectivity index (χ0) is 42.6. The van der Waals surface area contributed by atoms with Gasteiger partial charge in [-0.2, -0.15) is 13.6 Å². The second kappa shape index (κ2) is 15.8. The lowest BCUT2D eigenvalue weighted by molar-refractivity contribution is -0.114. The average Bonchev–Trinajstić information content (AvgIpc) is 3.76. The minimum absolute atomic E-state index is 0.0892. The molecule has 1 aliphatic rings. The van der Waals surface area contributed by atoms with Crippen molar-refractivity contribution in [2.45, 2.75) is 30.3 Å². The molecule has 5 aromatic carbocycles. The molecular weight excluding hydrogens is 871 g/mol. The number of phosphoric ester groups is 2. The van der Waals surface area contributed by atoms with E-state index >= 15 is 0 Å². The molecule has 1 saturated heterocycles. The van der Waals surface area contributed by atoms with E-state index in [1.807, 2.05) is 30.3 Å². The highest BCUT2D eigenvalue weighted by Crippen LogP contribution is 2.68. The van der Waals surface area contributed by atoms with Crippen LogP contribution in [-0.2, 0) is 50.7 Å². The number of phosphoric acid groups is 3. The van der Waals surface area contributed by atoms with Crippen molar-refractivity contribution in [1.29, 1.82) is 0 Å². The number of rotatable bonds is 15. The van der Waals surface area contributed by atoms with Crippen molar-refractivity contribution in [2.75, 3.05) is 24.3 Å². The Kier molecular flexibility index (Phi) is 11.0. The summed E-state index contributed by atoms with van der Waals surface area (Å²) in [5, 5.41) is 6.91. The lowest BCUT2D eigenvalue weighted by atomic mass is 9.94. The predicted octanol–water partition coefficient (Wildman–Crippen LogP) is 5.16. The first-order chi connectivity index (χ1) is 28.4. The number of benzene rings is 5. The molecule has 8 rings (SSSR count). The molecule has 25 heteroatoms. The molecule has 1 amide bonds. The Bertz CT molecular complexity index is 3100. The second-order valence-corrected chi connectivity index (χ2v) is 20.0. The molecule has 314 valence electrons. The molecule has 6 atom stereocenters. The molecule has 0 bridgehead atoms. The molecule has 0 saturated carbocycles. The van der Waals surface area contributed by atoms with Crippen LogP contribution in [0.3, 0.4) is 0 Å². The number of anilines is 1. The second-order valence-electron chi connectivity index (χ2n) is 13.3. The van der Waals surface area contributed by atoms with Gasteiger partial charge in [0.25, 0.3) is 5.56 Å². The van der Waals surface area contributed by atoms with Crippen LogP contribution in [-0.4, -0.2) is 79.7 Å². The molecule has 60 heavy (non-hydrogen) atoms. The molecule has 5 unspecified atom stereocenters. The van der Waals surface area contributed by atoms with Crippen LogP contribution in [0.1, 0.15) is 13.2 Å². The minimum Gasteiger partial charge on any atom is -0.483 e. The fourth-order valence-electron chi connectivity index (χ4n) is 6.87. The zero-order valence-corrected chi connectivity index (χ0v) is 34.3. The van der Waals surface area contributed by atoms with Crippen LogP contribution in [0.25, 0.3) is 43.5 Å². The predicted molar refractivity (Wildman–Crippen MR) is 213 cm³/mol. The number of nitrogens with zero attached hydrogens (tertiary/aromatic N) is 3. The summed E-state index contributed by atoms with van der Waals surface area (Å²) in [6.45, 7) is -0.370. The molecule has 0 radical (unpaired) electrons. The van der Waals surface area contributed by atoms with E-state index in [1.165, 1.54) is 29.7 Å². The number of sulfone groups is 1. The summed E-state index contributed by atoms with van der Waals surface area (Å²) in [6.07, 6.45) is -3.15. The highest BCUT2D eigenvalue weighted by molar-refractivity contribution is 7.91. The number of hydrogen-bond acceptors (Lipinski definition) is 15. The number of para-hydroxylation sites is 1. The van der Waals surface area contributed by atoms with Crippen LogP contribution in [0.4, 0.5) is 5.95 Å². The summed E-state index contributed by atoms with van der Waals surface area (Å²) >= 11 is 0. The lowest BCUT2D eigenvalue weighted by Crippen LogP contribution is -2.35. The van der Waals surface area contributed by atoms with Crippen LogP contribution in [0, 0.1) is 0 Å². The summed E-state index contributed by atoms with van der Waals surface area (Å²) < 4.78 is 97.3. The number of fused-ring (bicyclic) bond motifs is 1. The van der Waals surface area contributed by atoms with E-state index in [0.717, 1.165) is 27.9 Å². The largest absolute Gasteiger partial charge is 0.490 e. The summed E-state index contributed by atoms with van der Waals surface area (Å²) in [7, 11) is -21.6. The van der Waals surface area contributed by atoms with Gasteiger partial charge in [-0.15, -0.1) is 0 Å². The van der Waals surface area contributed by atoms with Crippen molar-refractivity contribution in [3.05, 3.63) is 102 Å². The van der Waals surface area contributed by atoms with Crippen LogP contribution in [0.2, 0.25) is 0 Å². The van der Waals surface area contributed by atoms with E-state index in [0.29, 0.717) is 10.8 Å². The van der Waals surface area contributed by atoms with E-state index in [9.17, 15) is 46.4 Å². The van der Waals surface area contributed by atoms with Crippen molar-refractivity contribution in [2.24, 2.45) is 0 Å². The van der Waals surface area contributed by atoms with Gasteiger partial charge >= 0.3 is 23.5 Å². The van der Waals surface area contributed by atoms with Crippen molar-refractivity contribution in [1.82, 2.24) is 19.5 Å². The third kappa shape index (κ3) is 8.64. The molecule has 3 heterocycles. The number of aromatic nitrogens is 4. The van der Waals surface area contributed by atoms with E-state index in [2.05, 4.69) is 28.9 Å². The van der Waals surface area contributed by atoms with Crippen LogP contribution in [0.15, 0.2) is 101 Å². The summed E-state index contributed by atoms with van der Waals surface area (Å²) in [5.41, 5.74) is -1.00. The number of H-pyrrole nitrogens is 1. The van der Waals surface area contributed by atoms with Crippen molar-refractivity contribution < 1.29 is 68.7 Å². The third-order valence-electron chi connectivity index (χ3n) is 9.21. The fraction of sp³-hybridized carbons (Fsp3) is 0.200. The number of aromatic amines is 1. The van der Waals surface area contributed by atoms with E-state index in [4.69, 9.17) is 18.5 Å². The van der Waals surface area contributed by atoms with Crippen molar-refractivity contribution >= 4 is 88.6 Å². The summed E-state index contributed by atoms with van der Waals surface area (Å²) in [6, 6.07) is 23.9. The Hall–Kier alpha value is -4.92. The van der Waals surface area contributed by atoms with Gasteiger partial charge in [-0.3, -0.25) is 33.5 Å². The first kappa shape index (κ1) is 41.8. The van der Waals surface area contributed by atoms with Gasteiger partial charge < -0.3 is 24.2 Å². The van der Waals surface area contributed by atoms with E-state index in [1.54, 1.807) is 36.4 Å². The monoisotopic (exact) mass is 903 g/mol. The Labute approximate surface area is 337 Å². The molecule has 5 N–H and O–H groups in total. The molecule has 2 aromatic heterocycles. The maximum Gasteiger partial charge on any atom is 0.490 e. The van der Waals surface area contributed by atoms with E-state index in [-0.39, 0.29) is 27.8 Å². The highest BCUT2D eigenvalue weighted by Gasteiger charge is 2.49. The Morgan fingerprint density at radius 1 is 0.900 bits per heavy atom. The number of nitrogens with one attached hydrogen (secondary N) is 2. The van der Waals surface area contributed by atoms with Gasteiger partial charge in [-0.1, -0.05) is 66.7 Å². The van der Waals surface area contributed by atoms with Crippen LogP contribution in [0.5, 0.6) is 5.75 Å². The quantitative estimate of drug-likeness (QED) is 0.0655. The number of carbonyl (C=O) groups excluding carboxylic acids is 1. The molecule has 1 aliphatic heterocycles. The lowest BCUT2D eigenvalue weighted by Gasteiger charge is -2.26. The third-order valence-corrected chi connectivity index (χ3v) is 15.3. The standard InChI is InChI=1S/C35H32N5O16P3S/c1-20(41)37-35-38-32-30(33(42)39-35)36-19-40(32)34-31(53-24-8-3-2-4-9-24)26(18-51-34)54-58(45,46)56-59(47,48)55-57(43,44)52-16-17-60(49,50)27-15-13-23-11-10-21-6-5-7-22-12-14-25(27)29(23)28(21)22/h2-15,19,26,31,34H,16-18H2,1H3,(H,43,44)(H,45,46)(H,47,48)(H2,37,38,39,41,42)/t26?,31?,34-/m1/s1. The number of hydrogen-bond donors (Lipinski definition) is 5. The van der Waals surface area contributed by atoms with Gasteiger partial charge in [-0.05, 0) is 45.1 Å². The number of ether oxygens (including phenoxy) is 2.